The maximum absolute atomic E-state index is 14.3. The zero-order valence-corrected chi connectivity index (χ0v) is 16.6. The third-order valence-electron chi connectivity index (χ3n) is 5.14. The zero-order chi connectivity index (χ0) is 17.9. The van der Waals surface area contributed by atoms with Crippen molar-refractivity contribution in [3.05, 3.63) is 35.1 Å². The highest BCUT2D eigenvalue weighted by Gasteiger charge is 2.20. The molecule has 0 saturated heterocycles. The number of thiol groups is 1. The molecule has 0 spiro atoms. The highest BCUT2D eigenvalue weighted by Crippen LogP contribution is 2.33. The standard InChI is InChI=1S/C19H29FS.C2H7N/c1-3-16(18-9-4-6-14(2)19(18)20)8-5-7-15-10-12-17(21)13-11-15;1-2-3/h4,6,9,15-17,21H,3,5,7-8,10-13H2,1-2H3;2-3H2,1H3. The Bertz CT molecular complexity index is 455. The SMILES string of the molecule is CCC(CCCC1CCC(S)CC1)c1cccc(C)c1F.CCN. The fraction of sp³-hybridized carbons (Fsp3) is 0.714. The zero-order valence-electron chi connectivity index (χ0n) is 15.7. The van der Waals surface area contributed by atoms with Gasteiger partial charge in [-0.15, -0.1) is 0 Å². The van der Waals surface area contributed by atoms with Crippen molar-refractivity contribution in [3.8, 4) is 0 Å². The van der Waals surface area contributed by atoms with E-state index in [0.29, 0.717) is 11.2 Å². The molecule has 1 saturated carbocycles. The molecule has 2 N–H and O–H groups in total. The van der Waals surface area contributed by atoms with Gasteiger partial charge in [0.15, 0.2) is 0 Å². The first kappa shape index (κ1) is 21.5. The molecule has 1 aliphatic carbocycles. The van der Waals surface area contributed by atoms with Gasteiger partial charge in [0.2, 0.25) is 0 Å². The van der Waals surface area contributed by atoms with E-state index in [4.69, 9.17) is 5.73 Å². The molecular weight excluding hydrogens is 317 g/mol. The molecule has 1 fully saturated rings. The third kappa shape index (κ3) is 7.14. The van der Waals surface area contributed by atoms with E-state index in [-0.39, 0.29) is 5.82 Å². The lowest BCUT2D eigenvalue weighted by molar-refractivity contribution is 0.330. The number of aryl methyl sites for hydroxylation is 1. The summed E-state index contributed by atoms with van der Waals surface area (Å²) >= 11 is 4.57. The smallest absolute Gasteiger partial charge is 0.129 e. The maximum Gasteiger partial charge on any atom is 0.129 e. The fourth-order valence-corrected chi connectivity index (χ4v) is 3.95. The fourth-order valence-electron chi connectivity index (χ4n) is 3.65. The minimum Gasteiger partial charge on any atom is -0.331 e. The van der Waals surface area contributed by atoms with Gasteiger partial charge in [-0.3, -0.25) is 0 Å². The minimum absolute atomic E-state index is 0.0138. The van der Waals surface area contributed by atoms with Crippen LogP contribution in [0.15, 0.2) is 18.2 Å². The normalized spacial score (nSPS) is 21.8. The topological polar surface area (TPSA) is 26.0 Å². The predicted molar refractivity (Wildman–Crippen MR) is 107 cm³/mol. The number of nitrogens with two attached hydrogens (primary N) is 1. The third-order valence-corrected chi connectivity index (χ3v) is 5.65. The quantitative estimate of drug-likeness (QED) is 0.581. The van der Waals surface area contributed by atoms with Gasteiger partial charge in [0.1, 0.15) is 5.82 Å². The van der Waals surface area contributed by atoms with Gasteiger partial charge in [0.25, 0.3) is 0 Å². The number of rotatable bonds is 6. The average molecular weight is 354 g/mol. The summed E-state index contributed by atoms with van der Waals surface area (Å²) in [5.74, 6) is 1.28. The molecule has 3 heteroatoms. The average Bonchev–Trinajstić information content (AvgIpc) is 2.57. The summed E-state index contributed by atoms with van der Waals surface area (Å²) in [4.78, 5) is 0. The van der Waals surface area contributed by atoms with Crippen LogP contribution in [0.3, 0.4) is 0 Å². The number of benzene rings is 1. The molecule has 2 rings (SSSR count). The molecular formula is C21H36FNS. The van der Waals surface area contributed by atoms with Crippen molar-refractivity contribution in [2.24, 2.45) is 11.7 Å². The van der Waals surface area contributed by atoms with E-state index < -0.39 is 0 Å². The Morgan fingerprint density at radius 2 is 1.83 bits per heavy atom. The molecule has 1 aliphatic rings. The van der Waals surface area contributed by atoms with Gasteiger partial charge >= 0.3 is 0 Å². The molecule has 0 bridgehead atoms. The van der Waals surface area contributed by atoms with Crippen LogP contribution in [0.25, 0.3) is 0 Å². The van der Waals surface area contributed by atoms with Crippen LogP contribution in [0.5, 0.6) is 0 Å². The van der Waals surface area contributed by atoms with Gasteiger partial charge in [-0.1, -0.05) is 44.9 Å². The lowest BCUT2D eigenvalue weighted by atomic mass is 9.83. The lowest BCUT2D eigenvalue weighted by Gasteiger charge is -2.26. The lowest BCUT2D eigenvalue weighted by Crippen LogP contribution is -2.14. The Balaban J connectivity index is 0.000000891. The van der Waals surface area contributed by atoms with E-state index in [2.05, 4.69) is 19.6 Å². The van der Waals surface area contributed by atoms with Crippen LogP contribution < -0.4 is 5.73 Å². The van der Waals surface area contributed by atoms with Crippen molar-refractivity contribution in [1.82, 2.24) is 0 Å². The predicted octanol–water partition coefficient (Wildman–Crippen LogP) is 6.25. The Labute approximate surface area is 154 Å². The van der Waals surface area contributed by atoms with Crippen LogP contribution in [0.1, 0.15) is 82.3 Å². The van der Waals surface area contributed by atoms with Crippen molar-refractivity contribution in [2.75, 3.05) is 6.54 Å². The van der Waals surface area contributed by atoms with E-state index in [1.807, 2.05) is 32.0 Å². The Hall–Kier alpha value is -0.540. The van der Waals surface area contributed by atoms with Gasteiger partial charge in [0.05, 0.1) is 0 Å². The van der Waals surface area contributed by atoms with Crippen molar-refractivity contribution >= 4 is 12.6 Å². The summed E-state index contributed by atoms with van der Waals surface area (Å²) in [5, 5.41) is 0.631. The van der Waals surface area contributed by atoms with Crippen LogP contribution in [-0.2, 0) is 0 Å². The van der Waals surface area contributed by atoms with E-state index in [0.717, 1.165) is 36.4 Å². The number of hydrogen-bond acceptors (Lipinski definition) is 2. The molecule has 1 atom stereocenters. The summed E-state index contributed by atoms with van der Waals surface area (Å²) in [6.45, 7) is 6.69. The Morgan fingerprint density at radius 3 is 2.42 bits per heavy atom. The van der Waals surface area contributed by atoms with E-state index in [1.165, 1.54) is 38.5 Å². The van der Waals surface area contributed by atoms with Crippen molar-refractivity contribution in [3.63, 3.8) is 0 Å². The molecule has 24 heavy (non-hydrogen) atoms. The van der Waals surface area contributed by atoms with Crippen LogP contribution in [0.2, 0.25) is 0 Å². The van der Waals surface area contributed by atoms with Gasteiger partial charge in [0, 0.05) is 5.25 Å². The molecule has 0 heterocycles. The molecule has 0 radical (unpaired) electrons. The first-order chi connectivity index (χ1) is 11.5. The first-order valence-corrected chi connectivity index (χ1v) is 10.2. The molecule has 1 aromatic rings. The summed E-state index contributed by atoms with van der Waals surface area (Å²) < 4.78 is 14.3. The van der Waals surface area contributed by atoms with Crippen LogP contribution in [0, 0.1) is 18.7 Å². The Morgan fingerprint density at radius 1 is 1.21 bits per heavy atom. The minimum atomic E-state index is 0.0138. The molecule has 1 nitrogen and oxygen atoms in total. The summed E-state index contributed by atoms with van der Waals surface area (Å²) in [7, 11) is 0. The number of hydrogen-bond donors (Lipinski definition) is 2. The molecule has 1 unspecified atom stereocenters. The van der Waals surface area contributed by atoms with Gasteiger partial charge < -0.3 is 5.73 Å². The molecule has 0 aliphatic heterocycles. The van der Waals surface area contributed by atoms with Crippen molar-refractivity contribution in [1.29, 1.82) is 0 Å². The van der Waals surface area contributed by atoms with E-state index >= 15 is 0 Å². The summed E-state index contributed by atoms with van der Waals surface area (Å²) in [6, 6.07) is 5.83. The highest BCUT2D eigenvalue weighted by molar-refractivity contribution is 7.80. The van der Waals surface area contributed by atoms with Crippen molar-refractivity contribution in [2.45, 2.75) is 83.3 Å². The molecule has 138 valence electrons. The Kier molecular flexibility index (Phi) is 10.7. The second kappa shape index (κ2) is 11.9. The van der Waals surface area contributed by atoms with Gasteiger partial charge in [-0.2, -0.15) is 12.6 Å². The van der Waals surface area contributed by atoms with Crippen molar-refractivity contribution < 1.29 is 4.39 Å². The highest BCUT2D eigenvalue weighted by atomic mass is 32.1. The van der Waals surface area contributed by atoms with Crippen LogP contribution in [0.4, 0.5) is 4.39 Å². The second-order valence-corrected chi connectivity index (χ2v) is 7.83. The largest absolute Gasteiger partial charge is 0.331 e. The summed E-state index contributed by atoms with van der Waals surface area (Å²) in [6.07, 6.45) is 9.92. The summed E-state index contributed by atoms with van der Waals surface area (Å²) in [5.41, 5.74) is 6.55. The van der Waals surface area contributed by atoms with Gasteiger partial charge in [-0.05, 0) is 75.0 Å². The van der Waals surface area contributed by atoms with Gasteiger partial charge in [-0.25, -0.2) is 4.39 Å². The van der Waals surface area contributed by atoms with E-state index in [1.54, 1.807) is 0 Å². The van der Waals surface area contributed by atoms with Crippen LogP contribution in [-0.4, -0.2) is 11.8 Å². The second-order valence-electron chi connectivity index (χ2n) is 7.10. The van der Waals surface area contributed by atoms with Crippen LogP contribution >= 0.6 is 12.6 Å². The maximum atomic E-state index is 14.3. The molecule has 0 aromatic heterocycles. The molecule has 0 amide bonds. The monoisotopic (exact) mass is 353 g/mol. The number of halogens is 1. The molecule has 1 aromatic carbocycles. The van der Waals surface area contributed by atoms with E-state index in [9.17, 15) is 4.39 Å². The first-order valence-electron chi connectivity index (χ1n) is 9.66.